The third-order valence-corrected chi connectivity index (χ3v) is 6.73. The second-order valence-electron chi connectivity index (χ2n) is 10.3. The standard InChI is InChI=1S/C32H42N4O2/c1-23(20-26-8-11-27(12-9-26)28-13-16-30(17-14-28)36-24(2)37)21-32(38)31(34)18-19-35-22-29(33)15-10-25-6-4-3-5-7-25/h3-9,11-14,16-17,23,29,31,35H,10,15,18-22,33-34H2,1-2H3,(H,36,37)/t23-,29-,31-/m0/s1. The number of hydrogen-bond acceptors (Lipinski definition) is 5. The van der Waals surface area contributed by atoms with Gasteiger partial charge < -0.3 is 22.1 Å². The summed E-state index contributed by atoms with van der Waals surface area (Å²) in [7, 11) is 0. The van der Waals surface area contributed by atoms with Crippen LogP contribution in [-0.4, -0.2) is 36.9 Å². The van der Waals surface area contributed by atoms with Gasteiger partial charge in [-0.3, -0.25) is 9.59 Å². The number of anilines is 1. The van der Waals surface area contributed by atoms with Crippen LogP contribution < -0.4 is 22.1 Å². The molecular formula is C32H42N4O2. The average molecular weight is 515 g/mol. The zero-order chi connectivity index (χ0) is 27.3. The zero-order valence-corrected chi connectivity index (χ0v) is 22.7. The van der Waals surface area contributed by atoms with Crippen molar-refractivity contribution in [3.8, 4) is 11.1 Å². The van der Waals surface area contributed by atoms with Gasteiger partial charge in [0.1, 0.15) is 5.78 Å². The van der Waals surface area contributed by atoms with Crippen LogP contribution in [0.15, 0.2) is 78.9 Å². The van der Waals surface area contributed by atoms with Gasteiger partial charge in [0.15, 0.2) is 0 Å². The summed E-state index contributed by atoms with van der Waals surface area (Å²) >= 11 is 0. The van der Waals surface area contributed by atoms with Crippen LogP contribution in [0.5, 0.6) is 0 Å². The van der Waals surface area contributed by atoms with Crippen molar-refractivity contribution in [2.75, 3.05) is 18.4 Å². The van der Waals surface area contributed by atoms with E-state index in [1.165, 1.54) is 18.1 Å². The molecule has 0 unspecified atom stereocenters. The van der Waals surface area contributed by atoms with Gasteiger partial charge in [0.05, 0.1) is 6.04 Å². The van der Waals surface area contributed by atoms with Crippen molar-refractivity contribution in [1.29, 1.82) is 0 Å². The van der Waals surface area contributed by atoms with Gasteiger partial charge >= 0.3 is 0 Å². The molecule has 3 aromatic carbocycles. The Bertz CT molecular complexity index is 1130. The summed E-state index contributed by atoms with van der Waals surface area (Å²) in [6.45, 7) is 5.01. The fourth-order valence-electron chi connectivity index (χ4n) is 4.56. The molecule has 0 heterocycles. The van der Waals surface area contributed by atoms with Crippen LogP contribution in [-0.2, 0) is 22.4 Å². The smallest absolute Gasteiger partial charge is 0.221 e. The van der Waals surface area contributed by atoms with Gasteiger partial charge in [0, 0.05) is 31.6 Å². The molecule has 0 aliphatic heterocycles. The molecule has 3 aromatic rings. The quantitative estimate of drug-likeness (QED) is 0.220. The molecule has 0 radical (unpaired) electrons. The zero-order valence-electron chi connectivity index (χ0n) is 22.7. The van der Waals surface area contributed by atoms with E-state index in [-0.39, 0.29) is 23.7 Å². The lowest BCUT2D eigenvalue weighted by atomic mass is 9.92. The molecule has 0 aliphatic carbocycles. The van der Waals surface area contributed by atoms with Gasteiger partial charge in [-0.05, 0) is 72.5 Å². The highest BCUT2D eigenvalue weighted by Gasteiger charge is 2.17. The maximum atomic E-state index is 12.7. The Balaban J connectivity index is 1.34. The number of Topliss-reactive ketones (excluding diaryl/α,β-unsaturated/α-hetero) is 1. The van der Waals surface area contributed by atoms with Crippen molar-refractivity contribution in [1.82, 2.24) is 5.32 Å². The average Bonchev–Trinajstić information content (AvgIpc) is 2.91. The van der Waals surface area contributed by atoms with Crippen LogP contribution in [0.1, 0.15) is 44.2 Å². The molecule has 0 saturated carbocycles. The number of aryl methyl sites for hydroxylation is 1. The maximum Gasteiger partial charge on any atom is 0.221 e. The Kier molecular flexibility index (Phi) is 11.7. The third kappa shape index (κ3) is 10.2. The predicted octanol–water partition coefficient (Wildman–Crippen LogP) is 4.72. The number of carbonyl (C=O) groups is 2. The summed E-state index contributed by atoms with van der Waals surface area (Å²) in [4.78, 5) is 23.9. The lowest BCUT2D eigenvalue weighted by molar-refractivity contribution is -0.121. The van der Waals surface area contributed by atoms with E-state index in [0.29, 0.717) is 19.4 Å². The largest absolute Gasteiger partial charge is 0.327 e. The van der Waals surface area contributed by atoms with Crippen LogP contribution in [0, 0.1) is 5.92 Å². The second kappa shape index (κ2) is 15.2. The predicted molar refractivity (Wildman–Crippen MR) is 157 cm³/mol. The Morgan fingerprint density at radius 1 is 0.816 bits per heavy atom. The van der Waals surface area contributed by atoms with Crippen molar-refractivity contribution in [2.45, 2.75) is 58.0 Å². The normalized spacial score (nSPS) is 13.5. The van der Waals surface area contributed by atoms with Crippen molar-refractivity contribution in [2.24, 2.45) is 17.4 Å². The molecular weight excluding hydrogens is 472 g/mol. The first kappa shape index (κ1) is 29.2. The number of ketones is 1. The molecule has 1 amide bonds. The van der Waals surface area contributed by atoms with E-state index < -0.39 is 6.04 Å². The van der Waals surface area contributed by atoms with Crippen LogP contribution in [0.25, 0.3) is 11.1 Å². The van der Waals surface area contributed by atoms with Gasteiger partial charge in [0.25, 0.3) is 0 Å². The molecule has 0 bridgehead atoms. The van der Waals surface area contributed by atoms with Crippen molar-refractivity contribution in [3.05, 3.63) is 90.0 Å². The Hall–Kier alpha value is -3.32. The first-order chi connectivity index (χ1) is 18.3. The molecule has 38 heavy (non-hydrogen) atoms. The highest BCUT2D eigenvalue weighted by Crippen LogP contribution is 2.23. The molecule has 3 rings (SSSR count). The number of amides is 1. The van der Waals surface area contributed by atoms with E-state index in [0.717, 1.165) is 42.6 Å². The molecule has 3 atom stereocenters. The summed E-state index contributed by atoms with van der Waals surface area (Å²) < 4.78 is 0. The number of carbonyl (C=O) groups excluding carboxylic acids is 2. The van der Waals surface area contributed by atoms with Crippen molar-refractivity contribution < 1.29 is 9.59 Å². The van der Waals surface area contributed by atoms with E-state index in [4.69, 9.17) is 11.5 Å². The minimum Gasteiger partial charge on any atom is -0.327 e. The number of hydrogen-bond donors (Lipinski definition) is 4. The first-order valence-electron chi connectivity index (χ1n) is 13.6. The maximum absolute atomic E-state index is 12.7. The topological polar surface area (TPSA) is 110 Å². The molecule has 6 nitrogen and oxygen atoms in total. The Morgan fingerprint density at radius 2 is 1.45 bits per heavy atom. The SMILES string of the molecule is CC(=O)Nc1ccc(-c2ccc(C[C@H](C)CC(=O)[C@@H](N)CCNC[C@@H](N)CCc3ccccc3)cc2)cc1. The highest BCUT2D eigenvalue weighted by molar-refractivity contribution is 5.89. The second-order valence-corrected chi connectivity index (χ2v) is 10.3. The number of nitrogens with two attached hydrogens (primary N) is 2. The van der Waals surface area contributed by atoms with Gasteiger partial charge in [-0.1, -0.05) is 73.7 Å². The lowest BCUT2D eigenvalue weighted by Gasteiger charge is -2.17. The fourth-order valence-corrected chi connectivity index (χ4v) is 4.56. The van der Waals surface area contributed by atoms with Gasteiger partial charge in [-0.2, -0.15) is 0 Å². The summed E-state index contributed by atoms with van der Waals surface area (Å²) in [6, 6.07) is 26.2. The van der Waals surface area contributed by atoms with E-state index in [1.807, 2.05) is 42.5 Å². The first-order valence-corrected chi connectivity index (χ1v) is 13.6. The third-order valence-electron chi connectivity index (χ3n) is 6.73. The summed E-state index contributed by atoms with van der Waals surface area (Å²) in [5, 5.41) is 6.14. The molecule has 0 aromatic heterocycles. The van der Waals surface area contributed by atoms with E-state index in [2.05, 4.69) is 54.0 Å². The fraction of sp³-hybridized carbons (Fsp3) is 0.375. The van der Waals surface area contributed by atoms with E-state index in [1.54, 1.807) is 0 Å². The Morgan fingerprint density at radius 3 is 2.08 bits per heavy atom. The van der Waals surface area contributed by atoms with Gasteiger partial charge in [-0.25, -0.2) is 0 Å². The van der Waals surface area contributed by atoms with Crippen LogP contribution in [0.3, 0.4) is 0 Å². The lowest BCUT2D eigenvalue weighted by Crippen LogP contribution is -2.38. The molecule has 0 spiro atoms. The number of benzene rings is 3. The minimum absolute atomic E-state index is 0.0802. The van der Waals surface area contributed by atoms with Gasteiger partial charge in [0.2, 0.25) is 5.91 Å². The number of rotatable bonds is 15. The Labute approximate surface area is 227 Å². The molecule has 0 aliphatic rings. The summed E-state index contributed by atoms with van der Waals surface area (Å²) in [6.07, 6.45) is 3.81. The molecule has 6 heteroatoms. The van der Waals surface area contributed by atoms with E-state index in [9.17, 15) is 9.59 Å². The van der Waals surface area contributed by atoms with Crippen LogP contribution in [0.2, 0.25) is 0 Å². The van der Waals surface area contributed by atoms with Crippen molar-refractivity contribution >= 4 is 17.4 Å². The molecule has 0 saturated heterocycles. The summed E-state index contributed by atoms with van der Waals surface area (Å²) in [5.74, 6) is 0.251. The van der Waals surface area contributed by atoms with Crippen LogP contribution in [0.4, 0.5) is 5.69 Å². The van der Waals surface area contributed by atoms with Crippen molar-refractivity contribution in [3.63, 3.8) is 0 Å². The summed E-state index contributed by atoms with van der Waals surface area (Å²) in [5.41, 5.74) is 17.9. The molecule has 0 fully saturated rings. The van der Waals surface area contributed by atoms with Crippen LogP contribution >= 0.6 is 0 Å². The minimum atomic E-state index is -0.451. The molecule has 6 N–H and O–H groups in total. The molecule has 202 valence electrons. The monoisotopic (exact) mass is 514 g/mol. The van der Waals surface area contributed by atoms with Gasteiger partial charge in [-0.15, -0.1) is 0 Å². The highest BCUT2D eigenvalue weighted by atomic mass is 16.1. The number of nitrogens with one attached hydrogen (secondary N) is 2. The van der Waals surface area contributed by atoms with E-state index >= 15 is 0 Å².